The lowest BCUT2D eigenvalue weighted by Gasteiger charge is -2.16. The van der Waals surface area contributed by atoms with Crippen LogP contribution in [-0.2, 0) is 4.79 Å². The van der Waals surface area contributed by atoms with Gasteiger partial charge in [-0.25, -0.2) is 0 Å². The van der Waals surface area contributed by atoms with Gasteiger partial charge in [-0.1, -0.05) is 30.1 Å². The van der Waals surface area contributed by atoms with Crippen molar-refractivity contribution in [2.24, 2.45) is 5.92 Å². The van der Waals surface area contributed by atoms with E-state index in [1.54, 1.807) is 12.1 Å². The molecule has 80 valence electrons. The van der Waals surface area contributed by atoms with E-state index in [0.29, 0.717) is 22.2 Å². The molecule has 0 spiro atoms. The molecule has 1 saturated carbocycles. The fraction of sp³-hybridized carbons (Fsp3) is 0.417. The van der Waals surface area contributed by atoms with Gasteiger partial charge in [0, 0.05) is 22.4 Å². The summed E-state index contributed by atoms with van der Waals surface area (Å²) < 4.78 is 0. The van der Waals surface area contributed by atoms with E-state index in [1.807, 2.05) is 13.0 Å². The molecule has 1 aromatic carbocycles. The van der Waals surface area contributed by atoms with Crippen molar-refractivity contribution >= 4 is 29.0 Å². The Hall–Kier alpha value is -0.530. The maximum Gasteiger partial charge on any atom is 0.136 e. The molecule has 0 saturated heterocycles. The van der Waals surface area contributed by atoms with Crippen LogP contribution in [0, 0.1) is 5.92 Å². The van der Waals surface area contributed by atoms with Gasteiger partial charge in [0.2, 0.25) is 0 Å². The first-order valence-electron chi connectivity index (χ1n) is 5.07. The van der Waals surface area contributed by atoms with E-state index in [4.69, 9.17) is 23.2 Å². The Morgan fingerprint density at radius 3 is 2.67 bits per heavy atom. The van der Waals surface area contributed by atoms with E-state index in [-0.39, 0.29) is 11.8 Å². The normalized spacial score (nSPS) is 25.9. The van der Waals surface area contributed by atoms with Crippen LogP contribution < -0.4 is 0 Å². The molecule has 0 aliphatic heterocycles. The van der Waals surface area contributed by atoms with Gasteiger partial charge in [-0.2, -0.15) is 0 Å². The van der Waals surface area contributed by atoms with Crippen LogP contribution in [0.15, 0.2) is 18.2 Å². The van der Waals surface area contributed by atoms with Gasteiger partial charge in [0.05, 0.1) is 0 Å². The molecule has 0 heterocycles. The Balaban J connectivity index is 2.37. The molecule has 2 rings (SSSR count). The zero-order valence-electron chi connectivity index (χ0n) is 8.47. The van der Waals surface area contributed by atoms with E-state index >= 15 is 0 Å². The average molecular weight is 243 g/mol. The van der Waals surface area contributed by atoms with Crippen LogP contribution in [0.3, 0.4) is 0 Å². The molecule has 0 bridgehead atoms. The van der Waals surface area contributed by atoms with Crippen molar-refractivity contribution in [1.82, 2.24) is 0 Å². The molecular formula is C12H12Cl2O. The van der Waals surface area contributed by atoms with Crippen LogP contribution in [0.5, 0.6) is 0 Å². The molecule has 0 radical (unpaired) electrons. The molecule has 1 aliphatic carbocycles. The third-order valence-corrected chi connectivity index (χ3v) is 3.75. The zero-order chi connectivity index (χ0) is 11.0. The largest absolute Gasteiger partial charge is 0.299 e. The molecule has 1 fully saturated rings. The number of hydrogen-bond acceptors (Lipinski definition) is 1. The first-order valence-corrected chi connectivity index (χ1v) is 5.83. The van der Waals surface area contributed by atoms with Crippen molar-refractivity contribution in [2.45, 2.75) is 25.7 Å². The second-order valence-electron chi connectivity index (χ2n) is 4.07. The lowest BCUT2D eigenvalue weighted by atomic mass is 9.90. The van der Waals surface area contributed by atoms with Crippen molar-refractivity contribution in [1.29, 1.82) is 0 Å². The summed E-state index contributed by atoms with van der Waals surface area (Å²) >= 11 is 12.1. The quantitative estimate of drug-likeness (QED) is 0.726. The summed E-state index contributed by atoms with van der Waals surface area (Å²) in [7, 11) is 0. The summed E-state index contributed by atoms with van der Waals surface area (Å²) in [5, 5.41) is 1.40. The van der Waals surface area contributed by atoms with Crippen molar-refractivity contribution in [3.8, 4) is 0 Å². The minimum absolute atomic E-state index is 0.0703. The lowest BCUT2D eigenvalue weighted by Crippen LogP contribution is -2.09. The van der Waals surface area contributed by atoms with Crippen molar-refractivity contribution in [2.75, 3.05) is 0 Å². The standard InChI is InChI=1S/C12H12Cl2O/c1-7-9(3-5-12(7)15)10-6-8(13)2-4-11(10)14/h2,4,6-7,9H,3,5H2,1H3. The third-order valence-electron chi connectivity index (χ3n) is 3.17. The topological polar surface area (TPSA) is 17.1 Å². The highest BCUT2D eigenvalue weighted by Gasteiger charge is 2.33. The smallest absolute Gasteiger partial charge is 0.136 e. The number of rotatable bonds is 1. The summed E-state index contributed by atoms with van der Waals surface area (Å²) in [5.41, 5.74) is 1.02. The van der Waals surface area contributed by atoms with Gasteiger partial charge in [0.1, 0.15) is 5.78 Å². The number of benzene rings is 1. The van der Waals surface area contributed by atoms with Gasteiger partial charge in [0.25, 0.3) is 0 Å². The van der Waals surface area contributed by atoms with E-state index < -0.39 is 0 Å². The second kappa shape index (κ2) is 4.15. The number of carbonyl (C=O) groups is 1. The SMILES string of the molecule is CC1C(=O)CCC1c1cc(Cl)ccc1Cl. The highest BCUT2D eigenvalue weighted by atomic mass is 35.5. The van der Waals surface area contributed by atoms with E-state index in [2.05, 4.69) is 0 Å². The fourth-order valence-corrected chi connectivity index (χ4v) is 2.66. The van der Waals surface area contributed by atoms with Gasteiger partial charge < -0.3 is 0 Å². The number of hydrogen-bond donors (Lipinski definition) is 0. The maximum atomic E-state index is 11.5. The maximum absolute atomic E-state index is 11.5. The molecule has 0 aromatic heterocycles. The molecular weight excluding hydrogens is 231 g/mol. The van der Waals surface area contributed by atoms with Gasteiger partial charge in [-0.3, -0.25) is 4.79 Å². The minimum atomic E-state index is 0.0703. The highest BCUT2D eigenvalue weighted by Crippen LogP contribution is 2.40. The Morgan fingerprint density at radius 2 is 2.07 bits per heavy atom. The first kappa shape index (κ1) is 11.0. The van der Waals surface area contributed by atoms with Crippen molar-refractivity contribution in [3.63, 3.8) is 0 Å². The molecule has 1 aliphatic rings. The van der Waals surface area contributed by atoms with Crippen LogP contribution in [0.4, 0.5) is 0 Å². The van der Waals surface area contributed by atoms with Gasteiger partial charge in [-0.15, -0.1) is 0 Å². The number of halogens is 2. The van der Waals surface area contributed by atoms with Crippen molar-refractivity contribution in [3.05, 3.63) is 33.8 Å². The molecule has 1 aromatic rings. The number of carbonyl (C=O) groups excluding carboxylic acids is 1. The Kier molecular flexibility index (Phi) is 3.03. The predicted octanol–water partition coefficient (Wildman–Crippen LogP) is 4.08. The van der Waals surface area contributed by atoms with Crippen LogP contribution in [-0.4, -0.2) is 5.78 Å². The fourth-order valence-electron chi connectivity index (χ4n) is 2.22. The Morgan fingerprint density at radius 1 is 1.33 bits per heavy atom. The molecule has 0 N–H and O–H groups in total. The average Bonchev–Trinajstić information content (AvgIpc) is 2.52. The molecule has 3 heteroatoms. The Bertz CT molecular complexity index is 401. The molecule has 1 nitrogen and oxygen atoms in total. The van der Waals surface area contributed by atoms with E-state index in [1.165, 1.54) is 0 Å². The zero-order valence-corrected chi connectivity index (χ0v) is 9.98. The summed E-state index contributed by atoms with van der Waals surface area (Å²) in [5.74, 6) is 0.640. The van der Waals surface area contributed by atoms with Gasteiger partial charge in [0.15, 0.2) is 0 Å². The summed E-state index contributed by atoms with van der Waals surface area (Å²) in [6.45, 7) is 1.97. The molecule has 2 unspecified atom stereocenters. The predicted molar refractivity (Wildman–Crippen MR) is 62.6 cm³/mol. The van der Waals surface area contributed by atoms with Crippen LogP contribution in [0.25, 0.3) is 0 Å². The minimum Gasteiger partial charge on any atom is -0.299 e. The first-order chi connectivity index (χ1) is 7.09. The second-order valence-corrected chi connectivity index (χ2v) is 4.91. The molecule has 15 heavy (non-hydrogen) atoms. The van der Waals surface area contributed by atoms with E-state index in [0.717, 1.165) is 12.0 Å². The van der Waals surface area contributed by atoms with Crippen LogP contribution >= 0.6 is 23.2 Å². The third kappa shape index (κ3) is 2.04. The number of Topliss-reactive ketones (excluding diaryl/α,β-unsaturated/α-hetero) is 1. The monoisotopic (exact) mass is 242 g/mol. The molecule has 0 amide bonds. The Labute approximate surface area is 99.4 Å². The van der Waals surface area contributed by atoms with E-state index in [9.17, 15) is 4.79 Å². The summed E-state index contributed by atoms with van der Waals surface area (Å²) in [6.07, 6.45) is 1.55. The van der Waals surface area contributed by atoms with Gasteiger partial charge in [-0.05, 0) is 36.1 Å². The number of ketones is 1. The lowest BCUT2D eigenvalue weighted by molar-refractivity contribution is -0.120. The van der Waals surface area contributed by atoms with Gasteiger partial charge >= 0.3 is 0 Å². The summed E-state index contributed by atoms with van der Waals surface area (Å²) in [4.78, 5) is 11.5. The highest BCUT2D eigenvalue weighted by molar-refractivity contribution is 6.33. The van der Waals surface area contributed by atoms with Crippen molar-refractivity contribution < 1.29 is 4.79 Å². The van der Waals surface area contributed by atoms with Crippen LogP contribution in [0.1, 0.15) is 31.2 Å². The summed E-state index contributed by atoms with van der Waals surface area (Å²) in [6, 6.07) is 5.45. The van der Waals surface area contributed by atoms with Crippen LogP contribution in [0.2, 0.25) is 10.0 Å². The molecule has 2 atom stereocenters.